The molecule has 4 heteroatoms. The van der Waals surface area contributed by atoms with Crippen molar-refractivity contribution in [1.82, 2.24) is 0 Å². The van der Waals surface area contributed by atoms with Crippen LogP contribution in [0.2, 0.25) is 0 Å². The summed E-state index contributed by atoms with van der Waals surface area (Å²) in [4.78, 5) is 14.0. The van der Waals surface area contributed by atoms with Crippen LogP contribution in [0.3, 0.4) is 0 Å². The third-order valence-corrected chi connectivity index (χ3v) is 3.90. The average molecular weight is 262 g/mol. The lowest BCUT2D eigenvalue weighted by molar-refractivity contribution is -0.147. The molecule has 1 unspecified atom stereocenters. The number of rotatable bonds is 5. The highest BCUT2D eigenvalue weighted by Gasteiger charge is 2.49. The molecule has 1 aromatic carbocycles. The molecule has 0 radical (unpaired) electrons. The molecule has 0 aromatic heterocycles. The Labute approximate surface area is 114 Å². The van der Waals surface area contributed by atoms with Crippen molar-refractivity contribution in [3.05, 3.63) is 29.8 Å². The lowest BCUT2D eigenvalue weighted by atomic mass is 9.93. The van der Waals surface area contributed by atoms with Gasteiger partial charge in [0.2, 0.25) is 0 Å². The lowest BCUT2D eigenvalue weighted by Gasteiger charge is -2.33. The second kappa shape index (κ2) is 5.21. The summed E-state index contributed by atoms with van der Waals surface area (Å²) in [7, 11) is 3.37. The molecule has 19 heavy (non-hydrogen) atoms. The fourth-order valence-corrected chi connectivity index (χ4v) is 2.62. The van der Waals surface area contributed by atoms with Crippen LogP contribution < -0.4 is 10.6 Å². The molecule has 1 aromatic rings. The Morgan fingerprint density at radius 2 is 2.11 bits per heavy atom. The quantitative estimate of drug-likeness (QED) is 0.821. The van der Waals surface area contributed by atoms with E-state index in [4.69, 9.17) is 10.5 Å². The van der Waals surface area contributed by atoms with E-state index in [9.17, 15) is 4.79 Å². The third kappa shape index (κ3) is 2.73. The van der Waals surface area contributed by atoms with E-state index < -0.39 is 5.54 Å². The van der Waals surface area contributed by atoms with Crippen LogP contribution in [0.4, 0.5) is 5.69 Å². The van der Waals surface area contributed by atoms with Crippen molar-refractivity contribution in [2.45, 2.75) is 25.3 Å². The van der Waals surface area contributed by atoms with Crippen molar-refractivity contribution in [3.63, 3.8) is 0 Å². The van der Waals surface area contributed by atoms with E-state index in [0.29, 0.717) is 6.54 Å². The highest BCUT2D eigenvalue weighted by atomic mass is 16.5. The van der Waals surface area contributed by atoms with Gasteiger partial charge in [0.25, 0.3) is 0 Å². The first-order chi connectivity index (χ1) is 8.99. The Balaban J connectivity index is 2.18. The summed E-state index contributed by atoms with van der Waals surface area (Å²) in [5.74, 6) is -0.0677. The molecule has 0 amide bonds. The molecule has 2 rings (SSSR count). The highest BCUT2D eigenvalue weighted by Crippen LogP contribution is 2.39. The predicted molar refractivity (Wildman–Crippen MR) is 76.1 cm³/mol. The molecule has 0 heterocycles. The molecule has 104 valence electrons. The second-order valence-corrected chi connectivity index (χ2v) is 5.45. The normalized spacial score (nSPS) is 17.7. The molecule has 0 aliphatic heterocycles. The number of hydrogen-bond acceptors (Lipinski definition) is 4. The molecule has 0 spiro atoms. The van der Waals surface area contributed by atoms with Gasteiger partial charge in [-0.05, 0) is 37.3 Å². The number of anilines is 1. The summed E-state index contributed by atoms with van der Waals surface area (Å²) >= 11 is 0. The maximum Gasteiger partial charge on any atom is 0.327 e. The van der Waals surface area contributed by atoms with Crippen LogP contribution in [0, 0.1) is 12.8 Å². The van der Waals surface area contributed by atoms with Gasteiger partial charge in [-0.3, -0.25) is 0 Å². The lowest BCUT2D eigenvalue weighted by Crippen LogP contribution is -2.58. The number of carbonyl (C=O) groups is 1. The van der Waals surface area contributed by atoms with E-state index in [1.165, 1.54) is 12.7 Å². The van der Waals surface area contributed by atoms with Crippen LogP contribution in [0.1, 0.15) is 18.4 Å². The molecular formula is C15H22N2O2. The van der Waals surface area contributed by atoms with Gasteiger partial charge in [0.05, 0.1) is 7.11 Å². The van der Waals surface area contributed by atoms with Crippen molar-refractivity contribution in [3.8, 4) is 0 Å². The molecule has 0 saturated heterocycles. The third-order valence-electron chi connectivity index (χ3n) is 3.90. The Morgan fingerprint density at radius 3 is 2.63 bits per heavy atom. The Morgan fingerprint density at radius 1 is 1.47 bits per heavy atom. The fourth-order valence-electron chi connectivity index (χ4n) is 2.62. The van der Waals surface area contributed by atoms with Crippen molar-refractivity contribution >= 4 is 11.7 Å². The zero-order chi connectivity index (χ0) is 14.0. The van der Waals surface area contributed by atoms with E-state index >= 15 is 0 Å². The van der Waals surface area contributed by atoms with Gasteiger partial charge in [-0.25, -0.2) is 4.79 Å². The second-order valence-electron chi connectivity index (χ2n) is 5.45. The van der Waals surface area contributed by atoms with E-state index in [0.717, 1.165) is 18.5 Å². The topological polar surface area (TPSA) is 55.6 Å². The van der Waals surface area contributed by atoms with Gasteiger partial charge in [-0.15, -0.1) is 0 Å². The molecule has 1 atom stereocenters. The van der Waals surface area contributed by atoms with Gasteiger partial charge in [-0.2, -0.15) is 0 Å². The predicted octanol–water partition coefficient (Wildman–Crippen LogP) is 1.71. The maximum atomic E-state index is 12.0. The minimum Gasteiger partial charge on any atom is -0.468 e. The summed E-state index contributed by atoms with van der Waals surface area (Å²) in [5, 5.41) is 0. The van der Waals surface area contributed by atoms with Crippen LogP contribution in [0.15, 0.2) is 24.3 Å². The largest absolute Gasteiger partial charge is 0.468 e. The Hall–Kier alpha value is -1.55. The molecule has 2 N–H and O–H groups in total. The molecule has 0 bridgehead atoms. The first kappa shape index (κ1) is 13.9. The fraction of sp³-hybridized carbons (Fsp3) is 0.533. The zero-order valence-corrected chi connectivity index (χ0v) is 11.8. The average Bonchev–Trinajstić information content (AvgIpc) is 3.22. The Kier molecular flexibility index (Phi) is 3.80. The van der Waals surface area contributed by atoms with E-state index in [2.05, 4.69) is 13.0 Å². The first-order valence-electron chi connectivity index (χ1n) is 6.63. The van der Waals surface area contributed by atoms with Crippen molar-refractivity contribution in [2.75, 3.05) is 25.6 Å². The van der Waals surface area contributed by atoms with Crippen LogP contribution >= 0.6 is 0 Å². The molecule has 4 nitrogen and oxygen atoms in total. The number of likely N-dealkylation sites (N-methyl/N-ethyl adjacent to an activating group) is 1. The molecule has 1 fully saturated rings. The Bertz CT molecular complexity index is 471. The van der Waals surface area contributed by atoms with Crippen LogP contribution in [0.5, 0.6) is 0 Å². The number of para-hydroxylation sites is 1. The van der Waals surface area contributed by atoms with Gasteiger partial charge in [0.1, 0.15) is 5.54 Å². The van der Waals surface area contributed by atoms with Gasteiger partial charge in [0.15, 0.2) is 0 Å². The number of aryl methyl sites for hydroxylation is 1. The van der Waals surface area contributed by atoms with Crippen molar-refractivity contribution in [1.29, 1.82) is 0 Å². The van der Waals surface area contributed by atoms with Gasteiger partial charge >= 0.3 is 5.97 Å². The first-order valence-corrected chi connectivity index (χ1v) is 6.63. The highest BCUT2D eigenvalue weighted by molar-refractivity contribution is 5.82. The maximum absolute atomic E-state index is 12.0. The van der Waals surface area contributed by atoms with E-state index in [1.807, 2.05) is 30.1 Å². The van der Waals surface area contributed by atoms with E-state index in [1.54, 1.807) is 0 Å². The van der Waals surface area contributed by atoms with Crippen molar-refractivity contribution < 1.29 is 9.53 Å². The van der Waals surface area contributed by atoms with Crippen LogP contribution in [-0.2, 0) is 9.53 Å². The summed E-state index contributed by atoms with van der Waals surface area (Å²) in [6.07, 6.45) is 2.01. The number of benzene rings is 1. The summed E-state index contributed by atoms with van der Waals surface area (Å²) in [5.41, 5.74) is 7.71. The van der Waals surface area contributed by atoms with Crippen LogP contribution in [-0.4, -0.2) is 32.2 Å². The number of ether oxygens (including phenoxy) is 1. The SMILES string of the molecule is COC(=O)C(N)(CN(C)c1ccccc1C)C1CC1. The summed E-state index contributed by atoms with van der Waals surface area (Å²) in [6, 6.07) is 8.09. The zero-order valence-electron chi connectivity index (χ0n) is 11.8. The van der Waals surface area contributed by atoms with Gasteiger partial charge in [-0.1, -0.05) is 18.2 Å². The summed E-state index contributed by atoms with van der Waals surface area (Å²) in [6.45, 7) is 2.54. The monoisotopic (exact) mass is 262 g/mol. The molecule has 1 saturated carbocycles. The molecule has 1 aliphatic rings. The van der Waals surface area contributed by atoms with Gasteiger partial charge < -0.3 is 15.4 Å². The van der Waals surface area contributed by atoms with E-state index in [-0.39, 0.29) is 11.9 Å². The van der Waals surface area contributed by atoms with Gasteiger partial charge in [0, 0.05) is 19.3 Å². The smallest absolute Gasteiger partial charge is 0.327 e. The number of nitrogens with zero attached hydrogens (tertiary/aromatic N) is 1. The number of esters is 1. The number of nitrogens with two attached hydrogens (primary N) is 1. The number of hydrogen-bond donors (Lipinski definition) is 1. The minimum atomic E-state index is -0.897. The van der Waals surface area contributed by atoms with Crippen molar-refractivity contribution in [2.24, 2.45) is 11.7 Å². The number of carbonyl (C=O) groups excluding carboxylic acids is 1. The standard InChI is InChI=1S/C15H22N2O2/c1-11-6-4-5-7-13(11)17(2)10-15(16,12-8-9-12)14(18)19-3/h4-7,12H,8-10,16H2,1-3H3. The molecule has 1 aliphatic carbocycles. The molecular weight excluding hydrogens is 240 g/mol. The number of methoxy groups -OCH3 is 1. The minimum absolute atomic E-state index is 0.242. The van der Waals surface area contributed by atoms with Crippen LogP contribution in [0.25, 0.3) is 0 Å². The summed E-state index contributed by atoms with van der Waals surface area (Å²) < 4.78 is 4.89.